The third kappa shape index (κ3) is 2.58. The molecular weight excluding hydrogens is 268 g/mol. The number of hydrogen-bond donors (Lipinski definition) is 2. The predicted molar refractivity (Wildman–Crippen MR) is 81.3 cm³/mol. The second-order valence-corrected chi connectivity index (χ2v) is 5.91. The Balaban J connectivity index is 1.90. The average molecular weight is 290 g/mol. The number of nitrogens with two attached hydrogens (primary N) is 1. The van der Waals surface area contributed by atoms with Crippen LogP contribution in [-0.4, -0.2) is 35.9 Å². The number of nitrogens with zero attached hydrogens (tertiary/aromatic N) is 1. The highest BCUT2D eigenvalue weighted by Crippen LogP contribution is 2.40. The van der Waals surface area contributed by atoms with E-state index in [4.69, 9.17) is 10.5 Å². The van der Waals surface area contributed by atoms with Crippen molar-refractivity contribution in [2.45, 2.75) is 50.8 Å². The molecule has 2 aliphatic heterocycles. The maximum atomic E-state index is 12.0. The molecule has 2 bridgehead atoms. The van der Waals surface area contributed by atoms with Gasteiger partial charge in [0.25, 0.3) is 0 Å². The van der Waals surface area contributed by atoms with Crippen LogP contribution in [0.5, 0.6) is 0 Å². The number of benzene rings is 1. The molecule has 0 saturated carbocycles. The monoisotopic (exact) mass is 290 g/mol. The molecule has 0 aromatic heterocycles. The SMILES string of the molecule is CCOC(=O)c1cc(N2C3CCC2CC(O)C3)ccc1N. The minimum atomic E-state index is -0.374. The second kappa shape index (κ2) is 5.56. The normalized spacial score (nSPS) is 27.7. The Kier molecular flexibility index (Phi) is 3.76. The first-order chi connectivity index (χ1) is 10.1. The van der Waals surface area contributed by atoms with Gasteiger partial charge in [0.05, 0.1) is 18.3 Å². The summed E-state index contributed by atoms with van der Waals surface area (Å²) in [7, 11) is 0. The van der Waals surface area contributed by atoms with Gasteiger partial charge in [-0.3, -0.25) is 0 Å². The number of rotatable bonds is 3. The topological polar surface area (TPSA) is 75.8 Å². The lowest BCUT2D eigenvalue weighted by Crippen LogP contribution is -2.44. The van der Waals surface area contributed by atoms with Crippen LogP contribution in [0.4, 0.5) is 11.4 Å². The van der Waals surface area contributed by atoms with Crippen molar-refractivity contribution < 1.29 is 14.6 Å². The van der Waals surface area contributed by atoms with Gasteiger partial charge in [-0.15, -0.1) is 0 Å². The van der Waals surface area contributed by atoms with E-state index >= 15 is 0 Å². The minimum Gasteiger partial charge on any atom is -0.462 e. The molecule has 2 heterocycles. The quantitative estimate of drug-likeness (QED) is 0.657. The molecule has 5 heteroatoms. The molecule has 5 nitrogen and oxygen atoms in total. The van der Waals surface area contributed by atoms with Crippen molar-refractivity contribution in [2.24, 2.45) is 0 Å². The van der Waals surface area contributed by atoms with Gasteiger partial charge < -0.3 is 20.5 Å². The summed E-state index contributed by atoms with van der Waals surface area (Å²) in [5, 5.41) is 9.89. The molecule has 0 amide bonds. The molecule has 0 aliphatic carbocycles. The van der Waals surface area contributed by atoms with Crippen molar-refractivity contribution in [2.75, 3.05) is 17.2 Å². The van der Waals surface area contributed by atoms with Crippen LogP contribution >= 0.6 is 0 Å². The predicted octanol–water partition coefficient (Wildman–Crippen LogP) is 1.94. The van der Waals surface area contributed by atoms with E-state index in [-0.39, 0.29) is 12.1 Å². The van der Waals surface area contributed by atoms with E-state index in [0.29, 0.717) is 29.9 Å². The van der Waals surface area contributed by atoms with E-state index in [2.05, 4.69) is 4.90 Å². The third-order valence-corrected chi connectivity index (χ3v) is 4.54. The Bertz CT molecular complexity index is 532. The fourth-order valence-corrected chi connectivity index (χ4v) is 3.66. The number of anilines is 2. The lowest BCUT2D eigenvalue weighted by Gasteiger charge is -2.39. The number of ether oxygens (including phenoxy) is 1. The van der Waals surface area contributed by atoms with Crippen molar-refractivity contribution in [3.05, 3.63) is 23.8 Å². The smallest absolute Gasteiger partial charge is 0.340 e. The van der Waals surface area contributed by atoms with E-state index in [9.17, 15) is 9.90 Å². The van der Waals surface area contributed by atoms with Gasteiger partial charge in [-0.1, -0.05) is 0 Å². The first-order valence-corrected chi connectivity index (χ1v) is 7.63. The maximum absolute atomic E-state index is 12.0. The van der Waals surface area contributed by atoms with Gasteiger partial charge in [0, 0.05) is 23.5 Å². The van der Waals surface area contributed by atoms with E-state index in [1.165, 1.54) is 0 Å². The fourth-order valence-electron chi connectivity index (χ4n) is 3.66. The summed E-state index contributed by atoms with van der Waals surface area (Å²) in [6.45, 7) is 2.12. The molecule has 3 N–H and O–H groups in total. The van der Waals surface area contributed by atoms with E-state index in [1.807, 2.05) is 12.1 Å². The van der Waals surface area contributed by atoms with Gasteiger partial charge >= 0.3 is 5.97 Å². The van der Waals surface area contributed by atoms with Crippen LogP contribution in [0.2, 0.25) is 0 Å². The highest BCUT2D eigenvalue weighted by molar-refractivity contribution is 5.96. The summed E-state index contributed by atoms with van der Waals surface area (Å²) < 4.78 is 5.06. The van der Waals surface area contributed by atoms with Gasteiger partial charge in [-0.05, 0) is 50.8 Å². The zero-order valence-electron chi connectivity index (χ0n) is 12.3. The van der Waals surface area contributed by atoms with Crippen LogP contribution in [0.3, 0.4) is 0 Å². The van der Waals surface area contributed by atoms with Crippen LogP contribution in [0.1, 0.15) is 43.0 Å². The number of aliphatic hydroxyl groups is 1. The Morgan fingerprint density at radius 3 is 2.67 bits per heavy atom. The molecule has 2 unspecified atom stereocenters. The molecule has 1 aromatic rings. The Morgan fingerprint density at radius 2 is 2.05 bits per heavy atom. The molecule has 21 heavy (non-hydrogen) atoms. The van der Waals surface area contributed by atoms with E-state index in [1.54, 1.807) is 13.0 Å². The number of piperidine rings is 1. The summed E-state index contributed by atoms with van der Waals surface area (Å²) in [6, 6.07) is 6.28. The zero-order valence-corrected chi connectivity index (χ0v) is 12.3. The lowest BCUT2D eigenvalue weighted by atomic mass is 9.98. The van der Waals surface area contributed by atoms with Crippen molar-refractivity contribution >= 4 is 17.3 Å². The largest absolute Gasteiger partial charge is 0.462 e. The van der Waals surface area contributed by atoms with Gasteiger partial charge in [-0.25, -0.2) is 4.79 Å². The molecule has 2 saturated heterocycles. The number of hydrogen-bond acceptors (Lipinski definition) is 5. The van der Waals surface area contributed by atoms with Crippen LogP contribution < -0.4 is 10.6 Å². The van der Waals surface area contributed by atoms with Crippen molar-refractivity contribution in [1.29, 1.82) is 0 Å². The molecule has 0 radical (unpaired) electrons. The summed E-state index contributed by atoms with van der Waals surface area (Å²) in [4.78, 5) is 14.3. The number of carbonyl (C=O) groups excluding carboxylic acids is 1. The van der Waals surface area contributed by atoms with Gasteiger partial charge in [0.2, 0.25) is 0 Å². The van der Waals surface area contributed by atoms with Crippen LogP contribution in [-0.2, 0) is 4.74 Å². The molecule has 0 spiro atoms. The third-order valence-electron chi connectivity index (χ3n) is 4.54. The molecule has 2 atom stereocenters. The number of carbonyl (C=O) groups is 1. The summed E-state index contributed by atoms with van der Waals surface area (Å²) in [5.74, 6) is -0.374. The molecule has 114 valence electrons. The first-order valence-electron chi connectivity index (χ1n) is 7.63. The molecule has 1 aromatic carbocycles. The van der Waals surface area contributed by atoms with Crippen molar-refractivity contribution in [3.8, 4) is 0 Å². The average Bonchev–Trinajstić information content (AvgIpc) is 2.72. The molecule has 2 fully saturated rings. The van der Waals surface area contributed by atoms with Gasteiger partial charge in [0.1, 0.15) is 0 Å². The number of aliphatic hydroxyl groups excluding tert-OH is 1. The standard InChI is InChI=1S/C16H22N2O3/c1-2-21-16(20)14-9-12(5-6-15(14)17)18-10-3-4-11(18)8-13(19)7-10/h5-6,9-11,13,19H,2-4,7-8,17H2,1H3. The maximum Gasteiger partial charge on any atom is 0.340 e. The Hall–Kier alpha value is -1.75. The summed E-state index contributed by atoms with van der Waals surface area (Å²) in [5.41, 5.74) is 7.78. The fraction of sp³-hybridized carbons (Fsp3) is 0.562. The molecular formula is C16H22N2O3. The number of nitrogen functional groups attached to an aromatic ring is 1. The minimum absolute atomic E-state index is 0.197. The van der Waals surface area contributed by atoms with Crippen LogP contribution in [0, 0.1) is 0 Å². The highest BCUT2D eigenvalue weighted by Gasteiger charge is 2.40. The Labute approximate surface area is 124 Å². The second-order valence-electron chi connectivity index (χ2n) is 5.91. The van der Waals surface area contributed by atoms with Gasteiger partial charge in [-0.2, -0.15) is 0 Å². The lowest BCUT2D eigenvalue weighted by molar-refractivity contribution is 0.0527. The number of fused-ring (bicyclic) bond motifs is 2. The van der Waals surface area contributed by atoms with Crippen LogP contribution in [0.25, 0.3) is 0 Å². The first kappa shape index (κ1) is 14.2. The summed E-state index contributed by atoms with van der Waals surface area (Å²) in [6.07, 6.45) is 3.60. The van der Waals surface area contributed by atoms with E-state index in [0.717, 1.165) is 31.4 Å². The number of esters is 1. The molecule has 3 rings (SSSR count). The van der Waals surface area contributed by atoms with Gasteiger partial charge in [0.15, 0.2) is 0 Å². The van der Waals surface area contributed by atoms with E-state index < -0.39 is 0 Å². The van der Waals surface area contributed by atoms with Crippen molar-refractivity contribution in [1.82, 2.24) is 0 Å². The Morgan fingerprint density at radius 1 is 1.38 bits per heavy atom. The van der Waals surface area contributed by atoms with Crippen LogP contribution in [0.15, 0.2) is 18.2 Å². The van der Waals surface area contributed by atoms with Crippen molar-refractivity contribution in [3.63, 3.8) is 0 Å². The molecule has 2 aliphatic rings. The summed E-state index contributed by atoms with van der Waals surface area (Å²) >= 11 is 0. The highest BCUT2D eigenvalue weighted by atomic mass is 16.5. The zero-order chi connectivity index (χ0) is 15.0.